The molecule has 4 unspecified atom stereocenters. The number of carbonyl (C=O) groups excluding carboxylic acids is 5. The smallest absolute Gasteiger partial charge is 0.326 e. The zero-order valence-electron chi connectivity index (χ0n) is 21.3. The van der Waals surface area contributed by atoms with Gasteiger partial charge in [0.2, 0.25) is 29.5 Å². The summed E-state index contributed by atoms with van der Waals surface area (Å²) in [6.45, 7) is 3.20. The van der Waals surface area contributed by atoms with E-state index in [2.05, 4.69) is 16.0 Å². The van der Waals surface area contributed by atoms with E-state index in [0.717, 1.165) is 0 Å². The van der Waals surface area contributed by atoms with Gasteiger partial charge >= 0.3 is 5.97 Å². The van der Waals surface area contributed by atoms with Gasteiger partial charge < -0.3 is 43.4 Å². The number of rotatable bonds is 16. The number of primary amides is 2. The first-order chi connectivity index (χ1) is 17.7. The van der Waals surface area contributed by atoms with Crippen molar-refractivity contribution in [2.45, 2.75) is 70.1 Å². The van der Waals surface area contributed by atoms with Gasteiger partial charge in [-0.05, 0) is 36.5 Å². The Kier molecular flexibility index (Phi) is 12.7. The average molecular weight is 537 g/mol. The summed E-state index contributed by atoms with van der Waals surface area (Å²) < 4.78 is 0. The molecule has 0 aliphatic rings. The van der Waals surface area contributed by atoms with E-state index in [0.29, 0.717) is 5.56 Å². The minimum absolute atomic E-state index is 0.0218. The molecule has 0 aliphatic carbocycles. The molecule has 0 saturated carbocycles. The van der Waals surface area contributed by atoms with Crippen molar-refractivity contribution in [1.82, 2.24) is 16.0 Å². The number of carbonyl (C=O) groups is 6. The number of carboxylic acid groups (broad SMARTS) is 1. The van der Waals surface area contributed by atoms with Crippen LogP contribution in [0.2, 0.25) is 0 Å². The highest BCUT2D eigenvalue weighted by atomic mass is 16.4. The van der Waals surface area contributed by atoms with Crippen molar-refractivity contribution in [3.63, 3.8) is 0 Å². The third-order valence-electron chi connectivity index (χ3n) is 5.59. The van der Waals surface area contributed by atoms with E-state index >= 15 is 0 Å². The number of aromatic hydroxyl groups is 1. The Bertz CT molecular complexity index is 1010. The van der Waals surface area contributed by atoms with Gasteiger partial charge in [-0.2, -0.15) is 0 Å². The number of carboxylic acids is 1. The number of phenols is 1. The SMILES string of the molecule is CC(C)C(NC(=O)C(Cc1ccc(O)cc1)NC(=O)C(CCC(N)=O)NC(=O)C(N)CCC(N)=O)C(=O)O. The van der Waals surface area contributed by atoms with Crippen LogP contribution in [0.1, 0.15) is 45.1 Å². The second-order valence-electron chi connectivity index (χ2n) is 9.18. The second kappa shape index (κ2) is 15.1. The molecule has 1 aromatic carbocycles. The largest absolute Gasteiger partial charge is 0.508 e. The van der Waals surface area contributed by atoms with E-state index in [9.17, 15) is 39.0 Å². The molecule has 0 heterocycles. The van der Waals surface area contributed by atoms with Gasteiger partial charge in [0.1, 0.15) is 23.9 Å². The Hall–Kier alpha value is -4.20. The van der Waals surface area contributed by atoms with Crippen LogP contribution in [0.5, 0.6) is 5.75 Å². The summed E-state index contributed by atoms with van der Waals surface area (Å²) in [6.07, 6.45) is -0.826. The van der Waals surface area contributed by atoms with Crippen molar-refractivity contribution >= 4 is 35.5 Å². The van der Waals surface area contributed by atoms with Crippen molar-refractivity contribution < 1.29 is 39.0 Å². The normalized spacial score (nSPS) is 14.0. The number of hydrogen-bond acceptors (Lipinski definition) is 8. The first-order valence-electron chi connectivity index (χ1n) is 11.9. The van der Waals surface area contributed by atoms with Gasteiger partial charge in [0.25, 0.3) is 0 Å². The molecule has 14 nitrogen and oxygen atoms in total. The lowest BCUT2D eigenvalue weighted by molar-refractivity contribution is -0.143. The molecule has 0 radical (unpaired) electrons. The van der Waals surface area contributed by atoms with Crippen LogP contribution in [0.4, 0.5) is 0 Å². The van der Waals surface area contributed by atoms with Gasteiger partial charge in [-0.1, -0.05) is 26.0 Å². The van der Waals surface area contributed by atoms with Gasteiger partial charge in [0.15, 0.2) is 0 Å². The Morgan fingerprint density at radius 3 is 1.79 bits per heavy atom. The number of amides is 5. The summed E-state index contributed by atoms with van der Waals surface area (Å²) in [5.74, 6) is -5.60. The molecular formula is C24H36N6O8. The number of nitrogens with two attached hydrogens (primary N) is 3. The second-order valence-corrected chi connectivity index (χ2v) is 9.18. The van der Waals surface area contributed by atoms with E-state index in [-0.39, 0.29) is 37.9 Å². The fourth-order valence-corrected chi connectivity index (χ4v) is 3.38. The van der Waals surface area contributed by atoms with E-state index in [1.54, 1.807) is 13.8 Å². The van der Waals surface area contributed by atoms with E-state index < -0.39 is 65.6 Å². The summed E-state index contributed by atoms with van der Waals surface area (Å²) in [5, 5.41) is 26.3. The van der Waals surface area contributed by atoms with Crippen LogP contribution in [-0.4, -0.2) is 69.9 Å². The maximum Gasteiger partial charge on any atom is 0.326 e. The minimum Gasteiger partial charge on any atom is -0.508 e. The number of benzene rings is 1. The molecule has 0 bridgehead atoms. The Morgan fingerprint density at radius 2 is 1.29 bits per heavy atom. The number of nitrogens with one attached hydrogen (secondary N) is 3. The molecule has 0 aliphatic heterocycles. The summed E-state index contributed by atoms with van der Waals surface area (Å²) >= 11 is 0. The van der Waals surface area contributed by atoms with E-state index in [1.807, 2.05) is 0 Å². The topological polar surface area (TPSA) is 257 Å². The third-order valence-corrected chi connectivity index (χ3v) is 5.59. The van der Waals surface area contributed by atoms with Crippen LogP contribution in [0.15, 0.2) is 24.3 Å². The van der Waals surface area contributed by atoms with Gasteiger partial charge in [0, 0.05) is 19.3 Å². The van der Waals surface area contributed by atoms with Crippen molar-refractivity contribution in [3.8, 4) is 5.75 Å². The monoisotopic (exact) mass is 536 g/mol. The van der Waals surface area contributed by atoms with Gasteiger partial charge in [-0.3, -0.25) is 24.0 Å². The molecule has 0 fully saturated rings. The molecule has 14 heteroatoms. The van der Waals surface area contributed by atoms with E-state index in [4.69, 9.17) is 17.2 Å². The predicted octanol–water partition coefficient (Wildman–Crippen LogP) is -2.01. The van der Waals surface area contributed by atoms with Crippen molar-refractivity contribution in [2.75, 3.05) is 0 Å². The Balaban J connectivity index is 3.16. The molecule has 1 aromatic rings. The number of aliphatic carboxylic acids is 1. The summed E-state index contributed by atoms with van der Waals surface area (Å²) in [5.41, 5.74) is 16.6. The highest BCUT2D eigenvalue weighted by molar-refractivity contribution is 5.94. The molecule has 0 saturated heterocycles. The summed E-state index contributed by atoms with van der Waals surface area (Å²) in [4.78, 5) is 72.6. The van der Waals surface area contributed by atoms with E-state index in [1.165, 1.54) is 24.3 Å². The lowest BCUT2D eigenvalue weighted by atomic mass is 10.0. The van der Waals surface area contributed by atoms with Crippen LogP contribution in [0.3, 0.4) is 0 Å². The molecule has 0 aromatic heterocycles. The molecule has 4 atom stereocenters. The zero-order chi connectivity index (χ0) is 29.0. The maximum absolute atomic E-state index is 13.2. The first kappa shape index (κ1) is 31.8. The molecule has 1 rings (SSSR count). The lowest BCUT2D eigenvalue weighted by Gasteiger charge is -2.26. The van der Waals surface area contributed by atoms with Gasteiger partial charge in [-0.15, -0.1) is 0 Å². The number of phenolic OH excluding ortho intramolecular Hbond substituents is 1. The van der Waals surface area contributed by atoms with Crippen LogP contribution in [0.25, 0.3) is 0 Å². The quantitative estimate of drug-likeness (QED) is 0.116. The fraction of sp³-hybridized carbons (Fsp3) is 0.500. The fourth-order valence-electron chi connectivity index (χ4n) is 3.38. The minimum atomic E-state index is -1.33. The molecule has 11 N–H and O–H groups in total. The van der Waals surface area contributed by atoms with Gasteiger partial charge in [0.05, 0.1) is 6.04 Å². The zero-order valence-corrected chi connectivity index (χ0v) is 21.3. The summed E-state index contributed by atoms with van der Waals surface area (Å²) in [6, 6.07) is 0.758. The highest BCUT2D eigenvalue weighted by Gasteiger charge is 2.31. The van der Waals surface area contributed by atoms with Crippen LogP contribution in [0, 0.1) is 5.92 Å². The van der Waals surface area contributed by atoms with Gasteiger partial charge in [-0.25, -0.2) is 4.79 Å². The first-order valence-corrected chi connectivity index (χ1v) is 11.9. The lowest BCUT2D eigenvalue weighted by Crippen LogP contribution is -2.58. The third kappa shape index (κ3) is 11.2. The molecule has 5 amide bonds. The summed E-state index contributed by atoms with van der Waals surface area (Å²) in [7, 11) is 0. The van der Waals surface area contributed by atoms with Crippen molar-refractivity contribution in [2.24, 2.45) is 23.1 Å². The Labute approximate surface area is 219 Å². The molecule has 0 spiro atoms. The Morgan fingerprint density at radius 1 is 0.789 bits per heavy atom. The maximum atomic E-state index is 13.2. The highest BCUT2D eigenvalue weighted by Crippen LogP contribution is 2.13. The van der Waals surface area contributed by atoms with Crippen LogP contribution in [-0.2, 0) is 35.2 Å². The molecule has 210 valence electrons. The average Bonchev–Trinajstić information content (AvgIpc) is 2.83. The van der Waals surface area contributed by atoms with Crippen LogP contribution >= 0.6 is 0 Å². The standard InChI is InChI=1S/C24H36N6O8/c1-12(2)20(24(37)38)30-23(36)17(11-13-3-5-14(31)6-4-13)29-22(35)16(8-10-19(27)33)28-21(34)15(25)7-9-18(26)32/h3-6,12,15-17,20,31H,7-11,25H2,1-2H3,(H2,26,32)(H2,27,33)(H,28,34)(H,29,35)(H,30,36)(H,37,38). The van der Waals surface area contributed by atoms with Crippen LogP contribution < -0.4 is 33.2 Å². The number of hydrogen-bond donors (Lipinski definition) is 8. The molecule has 38 heavy (non-hydrogen) atoms. The van der Waals surface area contributed by atoms with Crippen molar-refractivity contribution in [3.05, 3.63) is 29.8 Å². The molecular weight excluding hydrogens is 500 g/mol. The van der Waals surface area contributed by atoms with Crippen molar-refractivity contribution in [1.29, 1.82) is 0 Å². The predicted molar refractivity (Wildman–Crippen MR) is 135 cm³/mol.